The molecule has 0 aliphatic heterocycles. The lowest BCUT2D eigenvalue weighted by molar-refractivity contribution is -0.105. The van der Waals surface area contributed by atoms with Crippen molar-refractivity contribution in [3.8, 4) is 0 Å². The summed E-state index contributed by atoms with van der Waals surface area (Å²) < 4.78 is 40.6. The van der Waals surface area contributed by atoms with Gasteiger partial charge in [0.1, 0.15) is 11.4 Å². The minimum Gasteiger partial charge on any atom is -0.462 e. The number of hydrogen-bond acceptors (Lipinski definition) is 6. The van der Waals surface area contributed by atoms with Crippen LogP contribution >= 0.6 is 11.8 Å². The molecule has 0 saturated heterocycles. The standard InChI is InChI=1S/C9H10F3N3O2S/c1-2-17-7(16)5-3-14-8(15-6(5)13)18-4-9(10,11)12/h3H,2,4H2,1H3,(H2,13,14,15). The fraction of sp³-hybridized carbons (Fsp3) is 0.444. The maximum atomic E-state index is 12.0. The van der Waals surface area contributed by atoms with Gasteiger partial charge < -0.3 is 10.5 Å². The third-order valence-electron chi connectivity index (χ3n) is 1.66. The highest BCUT2D eigenvalue weighted by molar-refractivity contribution is 7.99. The molecule has 9 heteroatoms. The van der Waals surface area contributed by atoms with E-state index in [1.807, 2.05) is 0 Å². The quantitative estimate of drug-likeness (QED) is 0.516. The third kappa shape index (κ3) is 4.40. The van der Waals surface area contributed by atoms with Gasteiger partial charge >= 0.3 is 12.1 Å². The van der Waals surface area contributed by atoms with Gasteiger partial charge in [0.15, 0.2) is 5.16 Å². The minimum absolute atomic E-state index is 0.0618. The van der Waals surface area contributed by atoms with Gasteiger partial charge in [0.05, 0.1) is 12.4 Å². The van der Waals surface area contributed by atoms with E-state index in [9.17, 15) is 18.0 Å². The molecule has 0 saturated carbocycles. The molecular formula is C9H10F3N3O2S. The van der Waals surface area contributed by atoms with Crippen LogP contribution in [-0.4, -0.2) is 34.5 Å². The van der Waals surface area contributed by atoms with Crippen molar-refractivity contribution < 1.29 is 22.7 Å². The predicted octanol–water partition coefficient (Wildman–Crippen LogP) is 1.89. The summed E-state index contributed by atoms with van der Waals surface area (Å²) in [6.07, 6.45) is -3.26. The number of thioether (sulfide) groups is 1. The summed E-state index contributed by atoms with van der Waals surface area (Å²) in [6, 6.07) is 0. The van der Waals surface area contributed by atoms with E-state index in [4.69, 9.17) is 5.73 Å². The van der Waals surface area contributed by atoms with E-state index in [1.54, 1.807) is 6.92 Å². The average molecular weight is 281 g/mol. The normalized spacial score (nSPS) is 11.3. The molecule has 0 aliphatic rings. The number of aromatic nitrogens is 2. The van der Waals surface area contributed by atoms with Crippen LogP contribution in [0.1, 0.15) is 17.3 Å². The van der Waals surface area contributed by atoms with Crippen LogP contribution in [0.25, 0.3) is 0 Å². The summed E-state index contributed by atoms with van der Waals surface area (Å²) in [6.45, 7) is 1.77. The Morgan fingerprint density at radius 2 is 2.22 bits per heavy atom. The first kappa shape index (κ1) is 14.6. The summed E-state index contributed by atoms with van der Waals surface area (Å²) in [5.74, 6) is -2.03. The number of alkyl halides is 3. The van der Waals surface area contributed by atoms with Gasteiger partial charge in [-0.1, -0.05) is 11.8 Å². The number of ether oxygens (including phenoxy) is 1. The smallest absolute Gasteiger partial charge is 0.398 e. The third-order valence-corrected chi connectivity index (χ3v) is 2.58. The zero-order valence-electron chi connectivity index (χ0n) is 9.32. The molecule has 5 nitrogen and oxygen atoms in total. The largest absolute Gasteiger partial charge is 0.462 e. The van der Waals surface area contributed by atoms with E-state index >= 15 is 0 Å². The van der Waals surface area contributed by atoms with Crippen molar-refractivity contribution in [3.05, 3.63) is 11.8 Å². The second-order valence-corrected chi connectivity index (χ2v) is 4.02. The van der Waals surface area contributed by atoms with Gasteiger partial charge in [-0.15, -0.1) is 0 Å². The molecule has 1 heterocycles. The van der Waals surface area contributed by atoms with E-state index in [-0.39, 0.29) is 23.1 Å². The van der Waals surface area contributed by atoms with Gasteiger partial charge in [0.2, 0.25) is 0 Å². The zero-order chi connectivity index (χ0) is 13.8. The summed E-state index contributed by atoms with van der Waals surface area (Å²) in [5.41, 5.74) is 5.38. The van der Waals surface area contributed by atoms with Crippen molar-refractivity contribution in [1.82, 2.24) is 9.97 Å². The van der Waals surface area contributed by atoms with Crippen LogP contribution in [0.5, 0.6) is 0 Å². The lowest BCUT2D eigenvalue weighted by Crippen LogP contribution is -2.13. The number of carbonyl (C=O) groups is 1. The summed E-state index contributed by atoms with van der Waals surface area (Å²) in [4.78, 5) is 18.6. The molecule has 1 aromatic rings. The van der Waals surface area contributed by atoms with Crippen LogP contribution in [0.4, 0.5) is 19.0 Å². The first-order valence-corrected chi connectivity index (χ1v) is 5.81. The van der Waals surface area contributed by atoms with Crippen molar-refractivity contribution in [2.24, 2.45) is 0 Å². The second-order valence-electron chi connectivity index (χ2n) is 3.08. The molecule has 1 rings (SSSR count). The molecule has 0 unspecified atom stereocenters. The van der Waals surface area contributed by atoms with E-state index in [0.717, 1.165) is 6.20 Å². The first-order chi connectivity index (χ1) is 8.33. The molecule has 0 atom stereocenters. The Kier molecular flexibility index (Phi) is 4.76. The highest BCUT2D eigenvalue weighted by Gasteiger charge is 2.28. The maximum absolute atomic E-state index is 12.0. The summed E-state index contributed by atoms with van der Waals surface area (Å²) >= 11 is 0.396. The SMILES string of the molecule is CCOC(=O)c1cnc(SCC(F)(F)F)nc1N. The van der Waals surface area contributed by atoms with Crippen molar-refractivity contribution in [2.45, 2.75) is 18.3 Å². The second kappa shape index (κ2) is 5.89. The number of nitrogen functional groups attached to an aromatic ring is 1. The number of nitrogens with two attached hydrogens (primary N) is 1. The Morgan fingerprint density at radius 1 is 1.56 bits per heavy atom. The number of carbonyl (C=O) groups excluding carboxylic acids is 1. The molecule has 0 amide bonds. The fourth-order valence-electron chi connectivity index (χ4n) is 0.960. The molecule has 0 spiro atoms. The van der Waals surface area contributed by atoms with Gasteiger partial charge in [-0.25, -0.2) is 14.8 Å². The Hall–Kier alpha value is -1.51. The van der Waals surface area contributed by atoms with Gasteiger partial charge in [-0.05, 0) is 6.92 Å². The van der Waals surface area contributed by atoms with Crippen LogP contribution in [0.15, 0.2) is 11.4 Å². The lowest BCUT2D eigenvalue weighted by atomic mass is 10.3. The monoisotopic (exact) mass is 281 g/mol. The first-order valence-electron chi connectivity index (χ1n) is 4.82. The highest BCUT2D eigenvalue weighted by Crippen LogP contribution is 2.25. The number of anilines is 1. The van der Waals surface area contributed by atoms with Crippen LogP contribution in [0, 0.1) is 0 Å². The average Bonchev–Trinajstić information content (AvgIpc) is 2.25. The molecule has 1 aromatic heterocycles. The molecule has 0 bridgehead atoms. The highest BCUT2D eigenvalue weighted by atomic mass is 32.2. The van der Waals surface area contributed by atoms with Crippen LogP contribution in [0.3, 0.4) is 0 Å². The lowest BCUT2D eigenvalue weighted by Gasteiger charge is -2.07. The molecular weight excluding hydrogens is 271 g/mol. The minimum atomic E-state index is -4.32. The molecule has 18 heavy (non-hydrogen) atoms. The zero-order valence-corrected chi connectivity index (χ0v) is 10.1. The Balaban J connectivity index is 2.76. The van der Waals surface area contributed by atoms with E-state index < -0.39 is 17.9 Å². The summed E-state index contributed by atoms with van der Waals surface area (Å²) in [5, 5.41) is -0.141. The van der Waals surface area contributed by atoms with Crippen molar-refractivity contribution in [1.29, 1.82) is 0 Å². The van der Waals surface area contributed by atoms with Crippen molar-refractivity contribution >= 4 is 23.5 Å². The molecule has 100 valence electrons. The topological polar surface area (TPSA) is 78.1 Å². The molecule has 2 N–H and O–H groups in total. The number of nitrogens with zero attached hydrogens (tertiary/aromatic N) is 2. The van der Waals surface area contributed by atoms with Crippen LogP contribution < -0.4 is 5.73 Å². The van der Waals surface area contributed by atoms with E-state index in [0.29, 0.717) is 11.8 Å². The van der Waals surface area contributed by atoms with Gasteiger partial charge in [0, 0.05) is 6.20 Å². The summed E-state index contributed by atoms with van der Waals surface area (Å²) in [7, 11) is 0. The fourth-order valence-corrected chi connectivity index (χ4v) is 1.54. The van der Waals surface area contributed by atoms with Gasteiger partial charge in [-0.3, -0.25) is 0 Å². The van der Waals surface area contributed by atoms with Gasteiger partial charge in [0.25, 0.3) is 0 Å². The molecule has 0 aliphatic carbocycles. The number of rotatable bonds is 4. The van der Waals surface area contributed by atoms with E-state index in [1.165, 1.54) is 0 Å². The maximum Gasteiger partial charge on any atom is 0.398 e. The Labute approximate surface area is 105 Å². The van der Waals surface area contributed by atoms with E-state index in [2.05, 4.69) is 14.7 Å². The molecule has 0 fully saturated rings. The molecule has 0 aromatic carbocycles. The molecule has 0 radical (unpaired) electrons. The number of halogens is 3. The number of esters is 1. The number of hydrogen-bond donors (Lipinski definition) is 1. The Bertz CT molecular complexity index is 440. The van der Waals surface area contributed by atoms with Crippen molar-refractivity contribution in [3.63, 3.8) is 0 Å². The Morgan fingerprint density at radius 3 is 2.72 bits per heavy atom. The van der Waals surface area contributed by atoms with Gasteiger partial charge in [-0.2, -0.15) is 13.2 Å². The van der Waals surface area contributed by atoms with Crippen LogP contribution in [0.2, 0.25) is 0 Å². The predicted molar refractivity (Wildman–Crippen MR) is 59.2 cm³/mol. The van der Waals surface area contributed by atoms with Crippen LogP contribution in [-0.2, 0) is 4.74 Å². The van der Waals surface area contributed by atoms with Crippen molar-refractivity contribution in [2.75, 3.05) is 18.1 Å².